The monoisotopic (exact) mass is 784 g/mol. The van der Waals surface area contributed by atoms with Crippen molar-refractivity contribution in [3.05, 3.63) is 72.9 Å². The summed E-state index contributed by atoms with van der Waals surface area (Å²) in [5.41, 5.74) is 0. The number of quaternary nitrogens is 1. The lowest BCUT2D eigenvalue weighted by Crippen LogP contribution is -2.55. The Bertz CT molecular complexity index is 1140. The molecule has 320 valence electrons. The Hall–Kier alpha value is -3.23. The van der Waals surface area contributed by atoms with Crippen LogP contribution in [-0.4, -0.2) is 75.5 Å². The van der Waals surface area contributed by atoms with E-state index in [2.05, 4.69) is 32.1 Å². The van der Waals surface area contributed by atoms with Gasteiger partial charge in [0.25, 0.3) is 0 Å². The summed E-state index contributed by atoms with van der Waals surface area (Å²) in [6.45, 7) is 4.42. The van der Waals surface area contributed by atoms with Crippen molar-refractivity contribution in [3.8, 4) is 0 Å². The Morgan fingerprint density at radius 3 is 1.57 bits per heavy atom. The Morgan fingerprint density at radius 2 is 1.04 bits per heavy atom. The van der Waals surface area contributed by atoms with Gasteiger partial charge in [0.1, 0.15) is 12.6 Å². The second-order valence-corrected chi connectivity index (χ2v) is 15.7. The maximum absolute atomic E-state index is 12.7. The van der Waals surface area contributed by atoms with E-state index in [-0.39, 0.29) is 49.1 Å². The van der Waals surface area contributed by atoms with Crippen molar-refractivity contribution in [1.29, 1.82) is 0 Å². The Kier molecular flexibility index (Phi) is 36.4. The minimum atomic E-state index is -1.14. The third-order valence-corrected chi connectivity index (χ3v) is 9.45. The maximum Gasteiger partial charge on any atom is 0.306 e. The van der Waals surface area contributed by atoms with Crippen LogP contribution in [-0.2, 0) is 28.6 Å². The van der Waals surface area contributed by atoms with E-state index >= 15 is 0 Å². The van der Waals surface area contributed by atoms with E-state index in [1.54, 1.807) is 21.1 Å². The molecule has 0 rings (SSSR count). The molecule has 0 heterocycles. The van der Waals surface area contributed by atoms with Crippen LogP contribution in [0.4, 0.5) is 0 Å². The number of hydrogen-bond acceptors (Lipinski definition) is 7. The maximum atomic E-state index is 12.7. The van der Waals surface area contributed by atoms with Gasteiger partial charge < -0.3 is 28.6 Å². The first kappa shape index (κ1) is 52.8. The summed E-state index contributed by atoms with van der Waals surface area (Å²) < 4.78 is 17.1. The number of nitrogens with zero attached hydrogens (tertiary/aromatic N) is 1. The van der Waals surface area contributed by atoms with Crippen molar-refractivity contribution >= 4 is 17.9 Å². The molecule has 8 nitrogen and oxygen atoms in total. The predicted molar refractivity (Wildman–Crippen MR) is 231 cm³/mol. The number of allylic oxidation sites excluding steroid dienone is 12. The van der Waals surface area contributed by atoms with E-state index in [9.17, 15) is 19.5 Å². The van der Waals surface area contributed by atoms with Crippen LogP contribution in [0.1, 0.15) is 162 Å². The number of aliphatic carboxylic acids is 1. The molecular weight excluding hydrogens is 703 g/mol. The molecule has 0 saturated heterocycles. The van der Waals surface area contributed by atoms with Crippen molar-refractivity contribution in [2.75, 3.05) is 41.0 Å². The summed E-state index contributed by atoms with van der Waals surface area (Å²) >= 11 is 0. The molecule has 0 amide bonds. The molecule has 0 aliphatic rings. The average molecular weight is 784 g/mol. The molecule has 0 aliphatic heterocycles. The third kappa shape index (κ3) is 36.4. The first-order valence-corrected chi connectivity index (χ1v) is 22.0. The van der Waals surface area contributed by atoms with Crippen molar-refractivity contribution in [2.24, 2.45) is 0 Å². The lowest BCUT2D eigenvalue weighted by molar-refractivity contribution is -0.889. The highest BCUT2D eigenvalue weighted by atomic mass is 16.6. The summed E-state index contributed by atoms with van der Waals surface area (Å²) in [6, 6.07) is -0.742. The van der Waals surface area contributed by atoms with Gasteiger partial charge in [-0.1, -0.05) is 164 Å². The lowest BCUT2D eigenvalue weighted by Gasteiger charge is -2.34. The third-order valence-electron chi connectivity index (χ3n) is 9.45. The molecule has 0 fully saturated rings. The number of hydrogen-bond donors (Lipinski definition) is 0. The van der Waals surface area contributed by atoms with E-state index in [0.717, 1.165) is 25.7 Å². The van der Waals surface area contributed by atoms with Crippen LogP contribution < -0.4 is 5.11 Å². The molecule has 0 aromatic heterocycles. The lowest BCUT2D eigenvalue weighted by atomic mass is 10.1. The second-order valence-electron chi connectivity index (χ2n) is 15.7. The number of unbranched alkanes of at least 4 members (excludes halogenated alkanes) is 16. The predicted octanol–water partition coefficient (Wildman–Crippen LogP) is 10.6. The quantitative estimate of drug-likeness (QED) is 0.0202. The molecule has 0 saturated carbocycles. The van der Waals surface area contributed by atoms with Crippen LogP contribution >= 0.6 is 0 Å². The largest absolute Gasteiger partial charge is 0.544 e. The van der Waals surface area contributed by atoms with Gasteiger partial charge in [0.2, 0.25) is 0 Å². The average Bonchev–Trinajstić information content (AvgIpc) is 3.15. The van der Waals surface area contributed by atoms with Crippen molar-refractivity contribution in [1.82, 2.24) is 0 Å². The summed E-state index contributed by atoms with van der Waals surface area (Å²) in [7, 11) is 5.37. The van der Waals surface area contributed by atoms with E-state index in [0.29, 0.717) is 19.3 Å². The van der Waals surface area contributed by atoms with Gasteiger partial charge in [-0.15, -0.1) is 0 Å². The van der Waals surface area contributed by atoms with Crippen molar-refractivity contribution < 1.29 is 38.2 Å². The molecule has 0 bridgehead atoms. The Balaban J connectivity index is 4.40. The molecular formula is C48H81NO7. The molecule has 2 unspecified atom stereocenters. The van der Waals surface area contributed by atoms with E-state index < -0.39 is 18.1 Å². The van der Waals surface area contributed by atoms with E-state index in [1.807, 2.05) is 54.7 Å². The van der Waals surface area contributed by atoms with E-state index in [1.165, 1.54) is 89.9 Å². The zero-order valence-corrected chi connectivity index (χ0v) is 36.3. The number of carboxylic acids is 1. The highest BCUT2D eigenvalue weighted by Crippen LogP contribution is 2.13. The molecule has 0 aromatic rings. The summed E-state index contributed by atoms with van der Waals surface area (Å²) in [5, 5.41) is 11.6. The zero-order valence-electron chi connectivity index (χ0n) is 36.3. The van der Waals surface area contributed by atoms with Crippen LogP contribution in [0.2, 0.25) is 0 Å². The topological polar surface area (TPSA) is 102 Å². The summed E-state index contributed by atoms with van der Waals surface area (Å²) in [6.07, 6.45) is 48.0. The number of likely N-dealkylation sites (N-methyl/N-ethyl adjacent to an activating group) is 1. The number of esters is 2. The van der Waals surface area contributed by atoms with E-state index in [4.69, 9.17) is 14.2 Å². The summed E-state index contributed by atoms with van der Waals surface area (Å²) in [4.78, 5) is 36.8. The molecule has 2 atom stereocenters. The number of carbonyl (C=O) groups is 3. The van der Waals surface area contributed by atoms with Gasteiger partial charge in [0.15, 0.2) is 6.10 Å². The Morgan fingerprint density at radius 1 is 0.554 bits per heavy atom. The standard InChI is InChI=1S/C48H81NO7/c1-6-8-10-12-14-16-18-20-21-22-23-24-25-27-28-30-32-34-36-38-46(50)55-43-44(42-54-41-40-45(48(52)53)49(3,4)5)56-47(51)39-37-35-33-31-29-26-19-17-15-13-11-9-7-2/h9,11,13,15,17,19,22-23,26,29,31,33,44-45H,6-8,10,12,14,16,18,20-21,24-25,27-28,30,32,34-43H2,1-5H3/b11-9+,15-13+,19-17+,23-22+,29-26+,33-31+. The fourth-order valence-electron chi connectivity index (χ4n) is 6.04. The number of carbonyl (C=O) groups excluding carboxylic acids is 3. The molecule has 0 N–H and O–H groups in total. The molecule has 0 aliphatic carbocycles. The highest BCUT2D eigenvalue weighted by molar-refractivity contribution is 5.70. The van der Waals surface area contributed by atoms with Gasteiger partial charge in [-0.3, -0.25) is 9.59 Å². The zero-order chi connectivity index (χ0) is 41.4. The van der Waals surface area contributed by atoms with Gasteiger partial charge >= 0.3 is 11.9 Å². The van der Waals surface area contributed by atoms with Gasteiger partial charge in [0.05, 0.1) is 40.3 Å². The smallest absolute Gasteiger partial charge is 0.306 e. The van der Waals surface area contributed by atoms with Crippen LogP contribution in [0.15, 0.2) is 72.9 Å². The summed E-state index contributed by atoms with van der Waals surface area (Å²) in [5.74, 6) is -1.85. The first-order valence-electron chi connectivity index (χ1n) is 22.0. The molecule has 8 heteroatoms. The van der Waals surface area contributed by atoms with Gasteiger partial charge in [-0.05, 0) is 51.4 Å². The van der Waals surface area contributed by atoms with Gasteiger partial charge in [-0.2, -0.15) is 0 Å². The SMILES string of the molecule is CC/C=C/C=C/C=C/C=C/C=C/CCCC(=O)OC(COCCC(C(=O)[O-])[N+](C)(C)C)COC(=O)CCCCCCCCC/C=C/CCCCCCCCCC. The highest BCUT2D eigenvalue weighted by Gasteiger charge is 2.25. The van der Waals surface area contributed by atoms with Gasteiger partial charge in [-0.25, -0.2) is 0 Å². The van der Waals surface area contributed by atoms with Crippen molar-refractivity contribution in [3.63, 3.8) is 0 Å². The van der Waals surface area contributed by atoms with Crippen LogP contribution in [0.5, 0.6) is 0 Å². The molecule has 0 aromatic carbocycles. The Labute approximate surface area is 342 Å². The molecule has 56 heavy (non-hydrogen) atoms. The number of ether oxygens (including phenoxy) is 3. The number of carboxylic acid groups (broad SMARTS) is 1. The van der Waals surface area contributed by atoms with Crippen LogP contribution in [0.25, 0.3) is 0 Å². The second kappa shape index (κ2) is 38.6. The normalized spacial score (nSPS) is 13.7. The fourth-order valence-corrected chi connectivity index (χ4v) is 6.04. The van der Waals surface area contributed by atoms with Crippen molar-refractivity contribution in [2.45, 2.75) is 174 Å². The first-order chi connectivity index (χ1) is 27.1. The molecule has 0 spiro atoms. The minimum absolute atomic E-state index is 0.00721. The minimum Gasteiger partial charge on any atom is -0.544 e. The fraction of sp³-hybridized carbons (Fsp3) is 0.688. The van der Waals surface area contributed by atoms with Gasteiger partial charge in [0, 0.05) is 19.3 Å². The molecule has 0 radical (unpaired) electrons. The van der Waals surface area contributed by atoms with Crippen LogP contribution in [0, 0.1) is 0 Å². The van der Waals surface area contributed by atoms with Crippen LogP contribution in [0.3, 0.4) is 0 Å². The number of rotatable bonds is 38.